The van der Waals surface area contributed by atoms with Crippen molar-refractivity contribution in [2.75, 3.05) is 19.7 Å². The third-order valence-electron chi connectivity index (χ3n) is 3.49. The Kier molecular flexibility index (Phi) is 3.62. The minimum Gasteiger partial charge on any atom is -0.395 e. The van der Waals surface area contributed by atoms with Gasteiger partial charge in [-0.15, -0.1) is 0 Å². The lowest BCUT2D eigenvalue weighted by molar-refractivity contribution is 0.175. The molecule has 1 aromatic carbocycles. The molecule has 0 aromatic heterocycles. The van der Waals surface area contributed by atoms with Crippen molar-refractivity contribution in [2.45, 2.75) is 32.7 Å². The average molecular weight is 219 g/mol. The summed E-state index contributed by atoms with van der Waals surface area (Å²) in [4.78, 5) is 2.34. The Hall–Kier alpha value is -0.860. The Bertz CT molecular complexity index is 362. The Morgan fingerprint density at radius 2 is 2.25 bits per heavy atom. The fourth-order valence-electron chi connectivity index (χ4n) is 2.60. The van der Waals surface area contributed by atoms with E-state index in [0.29, 0.717) is 5.92 Å². The first-order chi connectivity index (χ1) is 7.74. The molecule has 0 amide bonds. The monoisotopic (exact) mass is 219 g/mol. The fourth-order valence-corrected chi connectivity index (χ4v) is 2.60. The highest BCUT2D eigenvalue weighted by Gasteiger charge is 2.21. The number of aliphatic hydroxyl groups is 1. The second-order valence-electron chi connectivity index (χ2n) is 4.75. The van der Waals surface area contributed by atoms with Crippen LogP contribution in [0.4, 0.5) is 0 Å². The van der Waals surface area contributed by atoms with Crippen molar-refractivity contribution >= 4 is 0 Å². The van der Waals surface area contributed by atoms with E-state index in [0.717, 1.165) is 26.1 Å². The molecule has 1 N–H and O–H groups in total. The van der Waals surface area contributed by atoms with Gasteiger partial charge in [-0.3, -0.25) is 4.90 Å². The van der Waals surface area contributed by atoms with Gasteiger partial charge < -0.3 is 5.11 Å². The van der Waals surface area contributed by atoms with Crippen LogP contribution >= 0.6 is 0 Å². The number of rotatable bonds is 3. The fraction of sp³-hybridized carbons (Fsp3) is 0.571. The topological polar surface area (TPSA) is 23.5 Å². The van der Waals surface area contributed by atoms with Crippen molar-refractivity contribution < 1.29 is 5.11 Å². The Morgan fingerprint density at radius 1 is 1.44 bits per heavy atom. The number of aryl methyl sites for hydroxylation is 1. The summed E-state index contributed by atoms with van der Waals surface area (Å²) in [5.74, 6) is 0.584. The van der Waals surface area contributed by atoms with Crippen LogP contribution in [0.5, 0.6) is 0 Å². The number of β-amino-alcohol motifs (C(OH)–C–C–N with tert-alkyl or cyclic N) is 1. The molecule has 1 heterocycles. The summed E-state index contributed by atoms with van der Waals surface area (Å²) in [5, 5.41) is 9.01. The molecule has 0 aliphatic carbocycles. The lowest BCUT2D eigenvalue weighted by Crippen LogP contribution is -2.34. The number of fused-ring (bicyclic) bond motifs is 1. The summed E-state index contributed by atoms with van der Waals surface area (Å²) in [6.45, 7) is 7.58. The van der Waals surface area contributed by atoms with E-state index in [2.05, 4.69) is 36.9 Å². The molecule has 2 rings (SSSR count). The van der Waals surface area contributed by atoms with Crippen LogP contribution in [0.25, 0.3) is 0 Å². The highest BCUT2D eigenvalue weighted by atomic mass is 16.3. The normalized spacial score (nSPS) is 20.8. The van der Waals surface area contributed by atoms with Gasteiger partial charge in [0.15, 0.2) is 0 Å². The SMILES string of the molecule is CCc1ccc2c(c1)CN(CCO)C[C@@H]2C. The van der Waals surface area contributed by atoms with Crippen molar-refractivity contribution in [1.29, 1.82) is 0 Å². The molecule has 0 fully saturated rings. The highest BCUT2D eigenvalue weighted by Crippen LogP contribution is 2.28. The quantitative estimate of drug-likeness (QED) is 0.842. The molecule has 1 aliphatic heterocycles. The molecule has 2 heteroatoms. The number of benzene rings is 1. The molecule has 1 atom stereocenters. The first-order valence-corrected chi connectivity index (χ1v) is 6.19. The van der Waals surface area contributed by atoms with Gasteiger partial charge in [0.2, 0.25) is 0 Å². The molecular formula is C14H21NO. The van der Waals surface area contributed by atoms with Crippen molar-refractivity contribution in [3.63, 3.8) is 0 Å². The summed E-state index contributed by atoms with van der Waals surface area (Å²) in [5.41, 5.74) is 4.36. The first-order valence-electron chi connectivity index (χ1n) is 6.19. The maximum Gasteiger partial charge on any atom is 0.0558 e. The van der Waals surface area contributed by atoms with Crippen LogP contribution in [0.3, 0.4) is 0 Å². The summed E-state index contributed by atoms with van der Waals surface area (Å²) < 4.78 is 0. The van der Waals surface area contributed by atoms with Gasteiger partial charge in [-0.1, -0.05) is 32.0 Å². The summed E-state index contributed by atoms with van der Waals surface area (Å²) in [7, 11) is 0. The highest BCUT2D eigenvalue weighted by molar-refractivity contribution is 5.36. The molecule has 16 heavy (non-hydrogen) atoms. The van der Waals surface area contributed by atoms with Gasteiger partial charge in [0.25, 0.3) is 0 Å². The molecule has 0 spiro atoms. The van der Waals surface area contributed by atoms with Gasteiger partial charge in [-0.25, -0.2) is 0 Å². The maximum absolute atomic E-state index is 9.01. The summed E-state index contributed by atoms with van der Waals surface area (Å²) in [6, 6.07) is 6.86. The lowest BCUT2D eigenvalue weighted by atomic mass is 9.89. The van der Waals surface area contributed by atoms with E-state index < -0.39 is 0 Å². The van der Waals surface area contributed by atoms with E-state index >= 15 is 0 Å². The van der Waals surface area contributed by atoms with Crippen LogP contribution in [0.1, 0.15) is 36.5 Å². The van der Waals surface area contributed by atoms with Crippen LogP contribution in [0.15, 0.2) is 18.2 Å². The second kappa shape index (κ2) is 4.98. The number of aliphatic hydroxyl groups excluding tert-OH is 1. The molecule has 0 saturated carbocycles. The predicted octanol–water partition coefficient (Wildman–Crippen LogP) is 2.16. The van der Waals surface area contributed by atoms with Gasteiger partial charge in [0.05, 0.1) is 6.61 Å². The molecule has 0 radical (unpaired) electrons. The van der Waals surface area contributed by atoms with E-state index in [1.165, 1.54) is 16.7 Å². The Labute approximate surface area is 97.9 Å². The predicted molar refractivity (Wildman–Crippen MR) is 66.6 cm³/mol. The van der Waals surface area contributed by atoms with Crippen molar-refractivity contribution in [1.82, 2.24) is 4.90 Å². The van der Waals surface area contributed by atoms with Gasteiger partial charge >= 0.3 is 0 Å². The second-order valence-corrected chi connectivity index (χ2v) is 4.75. The zero-order valence-electron chi connectivity index (χ0n) is 10.2. The van der Waals surface area contributed by atoms with E-state index in [9.17, 15) is 0 Å². The van der Waals surface area contributed by atoms with Crippen molar-refractivity contribution in [3.8, 4) is 0 Å². The van der Waals surface area contributed by atoms with Crippen molar-refractivity contribution in [2.24, 2.45) is 0 Å². The minimum atomic E-state index is 0.259. The Balaban J connectivity index is 2.24. The molecule has 0 bridgehead atoms. The van der Waals surface area contributed by atoms with Crippen LogP contribution in [0.2, 0.25) is 0 Å². The molecule has 2 nitrogen and oxygen atoms in total. The van der Waals surface area contributed by atoms with Gasteiger partial charge in [0, 0.05) is 19.6 Å². The Morgan fingerprint density at radius 3 is 2.94 bits per heavy atom. The summed E-state index contributed by atoms with van der Waals surface area (Å²) >= 11 is 0. The zero-order chi connectivity index (χ0) is 11.5. The molecule has 1 aliphatic rings. The molecule has 0 saturated heterocycles. The third kappa shape index (κ3) is 2.28. The minimum absolute atomic E-state index is 0.259. The lowest BCUT2D eigenvalue weighted by Gasteiger charge is -2.32. The van der Waals surface area contributed by atoms with Crippen molar-refractivity contribution in [3.05, 3.63) is 34.9 Å². The molecular weight excluding hydrogens is 198 g/mol. The average Bonchev–Trinajstić information content (AvgIpc) is 2.28. The van der Waals surface area contributed by atoms with E-state index in [1.54, 1.807) is 0 Å². The maximum atomic E-state index is 9.01. The largest absolute Gasteiger partial charge is 0.395 e. The summed E-state index contributed by atoms with van der Waals surface area (Å²) in [6.07, 6.45) is 1.10. The number of hydrogen-bond donors (Lipinski definition) is 1. The molecule has 1 aromatic rings. The van der Waals surface area contributed by atoms with E-state index in [1.807, 2.05) is 0 Å². The standard InChI is InChI=1S/C14H21NO/c1-3-12-4-5-14-11(2)9-15(6-7-16)10-13(14)8-12/h4-5,8,11,16H,3,6-7,9-10H2,1-2H3/t11-/m0/s1. The third-order valence-corrected chi connectivity index (χ3v) is 3.49. The van der Waals surface area contributed by atoms with Gasteiger partial charge in [0.1, 0.15) is 0 Å². The van der Waals surface area contributed by atoms with Crippen LogP contribution in [-0.4, -0.2) is 29.7 Å². The number of hydrogen-bond acceptors (Lipinski definition) is 2. The van der Waals surface area contributed by atoms with Crippen LogP contribution in [-0.2, 0) is 13.0 Å². The zero-order valence-corrected chi connectivity index (χ0v) is 10.2. The smallest absolute Gasteiger partial charge is 0.0558 e. The first kappa shape index (κ1) is 11.6. The number of nitrogens with zero attached hydrogens (tertiary/aromatic N) is 1. The van der Waals surface area contributed by atoms with Gasteiger partial charge in [-0.2, -0.15) is 0 Å². The van der Waals surface area contributed by atoms with Crippen LogP contribution in [0, 0.1) is 0 Å². The van der Waals surface area contributed by atoms with E-state index in [4.69, 9.17) is 5.11 Å². The van der Waals surface area contributed by atoms with E-state index in [-0.39, 0.29) is 6.61 Å². The van der Waals surface area contributed by atoms with Gasteiger partial charge in [-0.05, 0) is 29.0 Å². The molecule has 88 valence electrons. The molecule has 0 unspecified atom stereocenters. The van der Waals surface area contributed by atoms with Crippen LogP contribution < -0.4 is 0 Å².